The summed E-state index contributed by atoms with van der Waals surface area (Å²) in [6.45, 7) is 3.89. The van der Waals surface area contributed by atoms with E-state index < -0.39 is 37.2 Å². The highest BCUT2D eigenvalue weighted by Crippen LogP contribution is 2.22. The molecule has 0 rings (SSSR count). The topological polar surface area (TPSA) is 78.4 Å². The fraction of sp³-hybridized carbons (Fsp3) is 0.833. The van der Waals surface area contributed by atoms with Crippen molar-refractivity contribution in [1.29, 1.82) is 0 Å². The lowest BCUT2D eigenvalue weighted by Crippen LogP contribution is -2.44. The maximum Gasteiger partial charge on any atom is 0.401 e. The molecule has 0 aromatic carbocycles. The Labute approximate surface area is 115 Å². The molecular weight excluding hydrogens is 277 g/mol. The minimum Gasteiger partial charge on any atom is -0.481 e. The first-order valence-corrected chi connectivity index (χ1v) is 6.18. The molecule has 0 bridgehead atoms. The fourth-order valence-electron chi connectivity index (χ4n) is 1.72. The highest BCUT2D eigenvalue weighted by molar-refractivity contribution is 5.79. The zero-order valence-corrected chi connectivity index (χ0v) is 11.8. The summed E-state index contributed by atoms with van der Waals surface area (Å²) >= 11 is 0. The summed E-state index contributed by atoms with van der Waals surface area (Å²) in [4.78, 5) is 22.2. The van der Waals surface area contributed by atoms with E-state index in [1.807, 2.05) is 26.1 Å². The normalized spacial score (nSPS) is 13.9. The Morgan fingerprint density at radius 1 is 1.20 bits per heavy atom. The summed E-state index contributed by atoms with van der Waals surface area (Å²) in [6.07, 6.45) is -4.22. The molecule has 8 heteroatoms. The van der Waals surface area contributed by atoms with Crippen LogP contribution in [0.3, 0.4) is 0 Å². The number of carbonyl (C=O) groups is 2. The lowest BCUT2D eigenvalue weighted by Gasteiger charge is -2.26. The van der Waals surface area contributed by atoms with Gasteiger partial charge < -0.3 is 15.7 Å². The lowest BCUT2D eigenvalue weighted by atomic mass is 9.87. The van der Waals surface area contributed by atoms with Crippen molar-refractivity contribution in [3.63, 3.8) is 0 Å². The second-order valence-electron chi connectivity index (χ2n) is 5.85. The standard InChI is InChI=1S/C12H21F3N2O3/c1-11(2,3)5-8(4-10(19)20)17-9(18)6-16-7-12(13,14)15/h8,16H,4-7H2,1-3H3,(H,17,18)(H,19,20). The average Bonchev–Trinajstić information content (AvgIpc) is 2.10. The van der Waals surface area contributed by atoms with Crippen LogP contribution >= 0.6 is 0 Å². The molecule has 0 saturated carbocycles. The van der Waals surface area contributed by atoms with Crippen LogP contribution in [0.15, 0.2) is 0 Å². The van der Waals surface area contributed by atoms with E-state index in [4.69, 9.17) is 5.11 Å². The van der Waals surface area contributed by atoms with E-state index in [-0.39, 0.29) is 11.8 Å². The van der Waals surface area contributed by atoms with Gasteiger partial charge in [0, 0.05) is 6.04 Å². The molecule has 0 aliphatic rings. The van der Waals surface area contributed by atoms with Crippen LogP contribution in [0.5, 0.6) is 0 Å². The molecule has 0 aromatic heterocycles. The zero-order valence-electron chi connectivity index (χ0n) is 11.8. The third-order valence-electron chi connectivity index (χ3n) is 2.26. The summed E-state index contributed by atoms with van der Waals surface area (Å²) in [5, 5.41) is 13.2. The number of carboxylic acids is 1. The average molecular weight is 298 g/mol. The largest absolute Gasteiger partial charge is 0.481 e. The molecule has 0 aromatic rings. The van der Waals surface area contributed by atoms with Crippen LogP contribution in [0.25, 0.3) is 0 Å². The van der Waals surface area contributed by atoms with Crippen LogP contribution in [0.4, 0.5) is 13.2 Å². The van der Waals surface area contributed by atoms with Crippen LogP contribution in [0.2, 0.25) is 0 Å². The first-order chi connectivity index (χ1) is 8.89. The fourth-order valence-corrected chi connectivity index (χ4v) is 1.72. The van der Waals surface area contributed by atoms with Gasteiger partial charge in [-0.05, 0) is 11.8 Å². The van der Waals surface area contributed by atoms with Gasteiger partial charge >= 0.3 is 12.1 Å². The van der Waals surface area contributed by atoms with Gasteiger partial charge in [-0.15, -0.1) is 0 Å². The minimum absolute atomic E-state index is 0.202. The van der Waals surface area contributed by atoms with Crippen LogP contribution < -0.4 is 10.6 Å². The smallest absolute Gasteiger partial charge is 0.401 e. The van der Waals surface area contributed by atoms with Crippen LogP contribution in [0, 0.1) is 5.41 Å². The number of hydrogen-bond donors (Lipinski definition) is 3. The number of hydrogen-bond acceptors (Lipinski definition) is 3. The molecular formula is C12H21F3N2O3. The maximum absolute atomic E-state index is 11.9. The van der Waals surface area contributed by atoms with E-state index in [0.717, 1.165) is 0 Å². The molecule has 0 aliphatic carbocycles. The molecule has 0 heterocycles. The van der Waals surface area contributed by atoms with Crippen LogP contribution in [-0.2, 0) is 9.59 Å². The van der Waals surface area contributed by atoms with Gasteiger partial charge in [0.2, 0.25) is 5.91 Å². The first-order valence-electron chi connectivity index (χ1n) is 6.18. The van der Waals surface area contributed by atoms with Gasteiger partial charge in [-0.2, -0.15) is 13.2 Å². The number of nitrogens with one attached hydrogen (secondary N) is 2. The molecule has 1 atom stereocenters. The summed E-state index contributed by atoms with van der Waals surface area (Å²) < 4.78 is 35.7. The molecule has 20 heavy (non-hydrogen) atoms. The van der Waals surface area contributed by atoms with Crippen molar-refractivity contribution in [2.75, 3.05) is 13.1 Å². The monoisotopic (exact) mass is 298 g/mol. The number of alkyl halides is 3. The highest BCUT2D eigenvalue weighted by Gasteiger charge is 2.27. The third-order valence-corrected chi connectivity index (χ3v) is 2.26. The van der Waals surface area contributed by atoms with Gasteiger partial charge in [0.1, 0.15) is 0 Å². The molecule has 5 nitrogen and oxygen atoms in total. The number of halogens is 3. The summed E-state index contributed by atoms with van der Waals surface area (Å²) in [6, 6.07) is -0.604. The third kappa shape index (κ3) is 11.8. The molecule has 1 unspecified atom stereocenters. The predicted molar refractivity (Wildman–Crippen MR) is 67.2 cm³/mol. The van der Waals surface area contributed by atoms with Gasteiger partial charge in [-0.1, -0.05) is 20.8 Å². The van der Waals surface area contributed by atoms with E-state index >= 15 is 0 Å². The van der Waals surface area contributed by atoms with Crippen molar-refractivity contribution in [3.05, 3.63) is 0 Å². The molecule has 0 spiro atoms. The van der Waals surface area contributed by atoms with Crippen LogP contribution in [0.1, 0.15) is 33.6 Å². The van der Waals surface area contributed by atoms with Gasteiger partial charge in [0.25, 0.3) is 0 Å². The Bertz CT molecular complexity index is 338. The van der Waals surface area contributed by atoms with E-state index in [9.17, 15) is 22.8 Å². The van der Waals surface area contributed by atoms with E-state index in [2.05, 4.69) is 5.32 Å². The second-order valence-corrected chi connectivity index (χ2v) is 5.85. The van der Waals surface area contributed by atoms with Gasteiger partial charge in [0.05, 0.1) is 19.5 Å². The summed E-state index contributed by atoms with van der Waals surface area (Å²) in [7, 11) is 0. The van der Waals surface area contributed by atoms with Crippen molar-refractivity contribution >= 4 is 11.9 Å². The van der Waals surface area contributed by atoms with E-state index in [0.29, 0.717) is 6.42 Å². The molecule has 0 saturated heterocycles. The van der Waals surface area contributed by atoms with Crippen molar-refractivity contribution in [3.8, 4) is 0 Å². The molecule has 0 radical (unpaired) electrons. The Hall–Kier alpha value is -1.31. The Balaban J connectivity index is 4.28. The SMILES string of the molecule is CC(C)(C)CC(CC(=O)O)NC(=O)CNCC(F)(F)F. The van der Waals surface area contributed by atoms with Crippen molar-refractivity contribution < 1.29 is 27.9 Å². The maximum atomic E-state index is 11.9. The molecule has 118 valence electrons. The van der Waals surface area contributed by atoms with E-state index in [1.54, 1.807) is 0 Å². The molecule has 1 amide bonds. The molecule has 0 aliphatic heterocycles. The predicted octanol–water partition coefficient (Wildman–Crippen LogP) is 1.53. The molecule has 3 N–H and O–H groups in total. The number of carbonyl (C=O) groups excluding carboxylic acids is 1. The Morgan fingerprint density at radius 2 is 1.75 bits per heavy atom. The number of amides is 1. The summed E-state index contributed by atoms with van der Waals surface area (Å²) in [5.74, 6) is -1.72. The number of carboxylic acid groups (broad SMARTS) is 1. The minimum atomic E-state index is -4.38. The van der Waals surface area contributed by atoms with Gasteiger partial charge in [-0.25, -0.2) is 0 Å². The van der Waals surface area contributed by atoms with Crippen LogP contribution in [-0.4, -0.2) is 42.3 Å². The number of rotatable bonds is 7. The first kappa shape index (κ1) is 18.7. The Kier molecular flexibility index (Phi) is 6.98. The second kappa shape index (κ2) is 7.47. The zero-order chi connectivity index (χ0) is 16.0. The summed E-state index contributed by atoms with van der Waals surface area (Å²) in [5.41, 5.74) is -0.202. The van der Waals surface area contributed by atoms with E-state index in [1.165, 1.54) is 0 Å². The van der Waals surface area contributed by atoms with Gasteiger partial charge in [-0.3, -0.25) is 9.59 Å². The van der Waals surface area contributed by atoms with Gasteiger partial charge in [0.15, 0.2) is 0 Å². The van der Waals surface area contributed by atoms with Crippen molar-refractivity contribution in [1.82, 2.24) is 10.6 Å². The van der Waals surface area contributed by atoms with Crippen molar-refractivity contribution in [2.24, 2.45) is 5.41 Å². The number of aliphatic carboxylic acids is 1. The van der Waals surface area contributed by atoms with Crippen molar-refractivity contribution in [2.45, 2.75) is 45.8 Å². The highest BCUT2D eigenvalue weighted by atomic mass is 19.4. The Morgan fingerprint density at radius 3 is 2.15 bits per heavy atom. The quantitative estimate of drug-likeness (QED) is 0.666. The molecule has 0 fully saturated rings. The lowest BCUT2D eigenvalue weighted by molar-refractivity contribution is -0.137.